The molecule has 1 saturated heterocycles. The van der Waals surface area contributed by atoms with Gasteiger partial charge < -0.3 is 10.5 Å². The Labute approximate surface area is 91.4 Å². The van der Waals surface area contributed by atoms with Gasteiger partial charge in [-0.1, -0.05) is 12.1 Å². The molecule has 82 valence electrons. The van der Waals surface area contributed by atoms with Crippen LogP contribution in [0, 0.1) is 20.8 Å². The highest BCUT2D eigenvalue weighted by atomic mass is 16.5. The van der Waals surface area contributed by atoms with Crippen LogP contribution in [0.4, 0.5) is 0 Å². The molecule has 2 rings (SSSR count). The average molecular weight is 205 g/mol. The minimum absolute atomic E-state index is 0.0859. The Hall–Kier alpha value is -0.860. The molecule has 1 aromatic rings. The molecule has 1 heterocycles. The smallest absolute Gasteiger partial charge is 0.0598 e. The van der Waals surface area contributed by atoms with Crippen LogP contribution in [0.5, 0.6) is 0 Å². The van der Waals surface area contributed by atoms with Gasteiger partial charge in [0.05, 0.1) is 18.6 Å². The molecule has 0 aliphatic carbocycles. The minimum Gasteiger partial charge on any atom is -0.379 e. The third kappa shape index (κ3) is 1.48. The molecule has 2 heteroatoms. The fourth-order valence-electron chi connectivity index (χ4n) is 2.26. The first kappa shape index (κ1) is 10.7. The molecule has 15 heavy (non-hydrogen) atoms. The molecule has 2 nitrogen and oxygen atoms in total. The number of rotatable bonds is 2. The lowest BCUT2D eigenvalue weighted by molar-refractivity contribution is -0.0553. The summed E-state index contributed by atoms with van der Waals surface area (Å²) in [7, 11) is 0. The lowest BCUT2D eigenvalue weighted by atomic mass is 9.75. The van der Waals surface area contributed by atoms with Gasteiger partial charge in [0.2, 0.25) is 0 Å². The number of hydrogen-bond acceptors (Lipinski definition) is 2. The molecule has 1 aliphatic heterocycles. The second kappa shape index (κ2) is 3.62. The molecule has 1 aliphatic rings. The summed E-state index contributed by atoms with van der Waals surface area (Å²) in [6.07, 6.45) is 0. The maximum atomic E-state index is 5.88. The Morgan fingerprint density at radius 3 is 2.33 bits per heavy atom. The summed E-state index contributed by atoms with van der Waals surface area (Å²) in [5.74, 6) is 0. The second-order valence-corrected chi connectivity index (χ2v) is 4.66. The summed E-state index contributed by atoms with van der Waals surface area (Å²) >= 11 is 0. The topological polar surface area (TPSA) is 35.2 Å². The van der Waals surface area contributed by atoms with Gasteiger partial charge in [0.25, 0.3) is 0 Å². The van der Waals surface area contributed by atoms with E-state index in [-0.39, 0.29) is 5.41 Å². The Morgan fingerprint density at radius 1 is 1.20 bits per heavy atom. The van der Waals surface area contributed by atoms with Crippen LogP contribution in [-0.2, 0) is 10.2 Å². The van der Waals surface area contributed by atoms with Crippen molar-refractivity contribution in [3.63, 3.8) is 0 Å². The van der Waals surface area contributed by atoms with Crippen molar-refractivity contribution in [3.05, 3.63) is 34.4 Å². The largest absolute Gasteiger partial charge is 0.379 e. The molecule has 2 N–H and O–H groups in total. The van der Waals surface area contributed by atoms with Gasteiger partial charge in [-0.25, -0.2) is 0 Å². The molecule has 0 saturated carbocycles. The number of hydrogen-bond donors (Lipinski definition) is 1. The number of ether oxygens (including phenoxy) is 1. The highest BCUT2D eigenvalue weighted by Gasteiger charge is 2.40. The molecular weight excluding hydrogens is 186 g/mol. The quantitative estimate of drug-likeness (QED) is 0.799. The van der Waals surface area contributed by atoms with Gasteiger partial charge in [-0.2, -0.15) is 0 Å². The summed E-state index contributed by atoms with van der Waals surface area (Å²) < 4.78 is 5.33. The fourth-order valence-corrected chi connectivity index (χ4v) is 2.26. The van der Waals surface area contributed by atoms with Crippen molar-refractivity contribution in [1.29, 1.82) is 0 Å². The van der Waals surface area contributed by atoms with Crippen molar-refractivity contribution in [3.8, 4) is 0 Å². The molecule has 0 radical (unpaired) electrons. The van der Waals surface area contributed by atoms with Crippen molar-refractivity contribution < 1.29 is 4.74 Å². The third-order valence-electron chi connectivity index (χ3n) is 3.78. The Bertz CT molecular complexity index is 375. The van der Waals surface area contributed by atoms with Crippen molar-refractivity contribution in [2.24, 2.45) is 5.73 Å². The van der Waals surface area contributed by atoms with Gasteiger partial charge in [0.15, 0.2) is 0 Å². The zero-order valence-corrected chi connectivity index (χ0v) is 9.76. The second-order valence-electron chi connectivity index (χ2n) is 4.66. The van der Waals surface area contributed by atoms with E-state index in [9.17, 15) is 0 Å². The van der Waals surface area contributed by atoms with Gasteiger partial charge >= 0.3 is 0 Å². The van der Waals surface area contributed by atoms with Crippen LogP contribution in [0.2, 0.25) is 0 Å². The normalized spacial score (nSPS) is 18.7. The van der Waals surface area contributed by atoms with Crippen LogP contribution in [-0.4, -0.2) is 19.8 Å². The molecule has 0 aromatic heterocycles. The third-order valence-corrected chi connectivity index (χ3v) is 3.78. The van der Waals surface area contributed by atoms with Crippen LogP contribution in [0.3, 0.4) is 0 Å². The Morgan fingerprint density at radius 2 is 1.87 bits per heavy atom. The Kier molecular flexibility index (Phi) is 2.57. The molecule has 1 aromatic carbocycles. The van der Waals surface area contributed by atoms with Crippen molar-refractivity contribution in [1.82, 2.24) is 0 Å². The van der Waals surface area contributed by atoms with E-state index in [1.165, 1.54) is 22.3 Å². The van der Waals surface area contributed by atoms with Crippen LogP contribution in [0.25, 0.3) is 0 Å². The van der Waals surface area contributed by atoms with Gasteiger partial charge in [-0.15, -0.1) is 0 Å². The Balaban J connectivity index is 2.49. The zero-order valence-electron chi connectivity index (χ0n) is 9.76. The number of aryl methyl sites for hydroxylation is 1. The molecule has 0 atom stereocenters. The number of nitrogens with two attached hydrogens (primary N) is 1. The number of benzene rings is 1. The maximum absolute atomic E-state index is 5.88. The molecule has 0 bridgehead atoms. The predicted octanol–water partition coefficient (Wildman–Crippen LogP) is 1.84. The van der Waals surface area contributed by atoms with Crippen LogP contribution >= 0.6 is 0 Å². The van der Waals surface area contributed by atoms with Crippen LogP contribution < -0.4 is 5.73 Å². The predicted molar refractivity (Wildman–Crippen MR) is 62.2 cm³/mol. The molecule has 1 fully saturated rings. The van der Waals surface area contributed by atoms with E-state index in [2.05, 4.69) is 32.9 Å². The highest BCUT2D eigenvalue weighted by molar-refractivity contribution is 5.44. The van der Waals surface area contributed by atoms with Gasteiger partial charge in [0.1, 0.15) is 0 Å². The minimum atomic E-state index is 0.0859. The van der Waals surface area contributed by atoms with E-state index in [4.69, 9.17) is 10.5 Å². The molecule has 0 unspecified atom stereocenters. The van der Waals surface area contributed by atoms with Gasteiger partial charge in [-0.3, -0.25) is 0 Å². The van der Waals surface area contributed by atoms with E-state index in [0.717, 1.165) is 13.2 Å². The van der Waals surface area contributed by atoms with Crippen molar-refractivity contribution in [2.75, 3.05) is 19.8 Å². The SMILES string of the molecule is Cc1ccc(C2(CN)COC2)c(C)c1C. The summed E-state index contributed by atoms with van der Waals surface area (Å²) in [6.45, 7) is 8.74. The monoisotopic (exact) mass is 205 g/mol. The van der Waals surface area contributed by atoms with Crippen LogP contribution in [0.15, 0.2) is 12.1 Å². The van der Waals surface area contributed by atoms with Crippen LogP contribution in [0.1, 0.15) is 22.3 Å². The first-order valence-electron chi connectivity index (χ1n) is 5.46. The molecule has 0 amide bonds. The lowest BCUT2D eigenvalue weighted by Gasteiger charge is -2.42. The van der Waals surface area contributed by atoms with E-state index >= 15 is 0 Å². The summed E-state index contributed by atoms with van der Waals surface area (Å²) in [5, 5.41) is 0. The van der Waals surface area contributed by atoms with E-state index in [0.29, 0.717) is 6.54 Å². The summed E-state index contributed by atoms with van der Waals surface area (Å²) in [4.78, 5) is 0. The average Bonchev–Trinajstić information content (AvgIpc) is 2.17. The van der Waals surface area contributed by atoms with Gasteiger partial charge in [-0.05, 0) is 43.0 Å². The lowest BCUT2D eigenvalue weighted by Crippen LogP contribution is -2.52. The van der Waals surface area contributed by atoms with E-state index < -0.39 is 0 Å². The van der Waals surface area contributed by atoms with E-state index in [1.807, 2.05) is 0 Å². The summed E-state index contributed by atoms with van der Waals surface area (Å²) in [6, 6.07) is 4.40. The summed E-state index contributed by atoms with van der Waals surface area (Å²) in [5.41, 5.74) is 11.4. The molecular formula is C13H19NO. The van der Waals surface area contributed by atoms with Crippen molar-refractivity contribution in [2.45, 2.75) is 26.2 Å². The zero-order chi connectivity index (χ0) is 11.1. The maximum Gasteiger partial charge on any atom is 0.0598 e. The molecule has 0 spiro atoms. The van der Waals surface area contributed by atoms with Crippen molar-refractivity contribution >= 4 is 0 Å². The van der Waals surface area contributed by atoms with E-state index in [1.54, 1.807) is 0 Å². The highest BCUT2D eigenvalue weighted by Crippen LogP contribution is 2.35. The van der Waals surface area contributed by atoms with Gasteiger partial charge in [0, 0.05) is 6.54 Å². The first-order chi connectivity index (χ1) is 7.10. The fraction of sp³-hybridized carbons (Fsp3) is 0.538. The first-order valence-corrected chi connectivity index (χ1v) is 5.46. The standard InChI is InChI=1S/C13H19NO/c1-9-4-5-12(11(3)10(9)2)13(6-14)7-15-8-13/h4-5H,6-8,14H2,1-3H3.